The predicted molar refractivity (Wildman–Crippen MR) is 14.9 cm³/mol. The van der Waals surface area contributed by atoms with Crippen LogP contribution in [0.5, 0.6) is 0 Å². The summed E-state index contributed by atoms with van der Waals surface area (Å²) in [7, 11) is -4.64. The molecule has 0 bridgehead atoms. The molecular weight excluding hydrogens is 202 g/mol. The third kappa shape index (κ3) is 248. The summed E-state index contributed by atoms with van der Waals surface area (Å²) >= 11 is 0.300. The average Bonchev–Trinajstić information content (AvgIpc) is 1.36. The van der Waals surface area contributed by atoms with Gasteiger partial charge in [0.15, 0.2) is 0 Å². The fourth-order valence-corrected chi connectivity index (χ4v) is 0. The number of rotatable bonds is 0. The molecule has 0 fully saturated rings. The first-order chi connectivity index (χ1) is 3.00. The molecule has 0 amide bonds. The molecule has 0 aliphatic heterocycles. The topological polar surface area (TPSA) is 94.8 Å². The zero-order chi connectivity index (χ0) is 6.50. The van der Waals surface area contributed by atoms with Gasteiger partial charge in [-0.2, -0.15) is 0 Å². The second kappa shape index (κ2) is 4.94. The van der Waals surface area contributed by atoms with Gasteiger partial charge in [0.1, 0.15) is 0 Å². The molecule has 0 heterocycles. The minimum atomic E-state index is -4.64. The van der Waals surface area contributed by atoms with Crippen LogP contribution >= 0.6 is 7.82 Å². The van der Waals surface area contributed by atoms with Crippen molar-refractivity contribution in [2.24, 2.45) is 0 Å². The molecule has 42 valence electrons. The van der Waals surface area contributed by atoms with Gasteiger partial charge in [0.05, 0.1) is 0 Å². The Morgan fingerprint density at radius 3 is 1.14 bits per heavy atom. The van der Waals surface area contributed by atoms with Crippen LogP contribution in [0.2, 0.25) is 0 Å². The number of phosphoric acid groups is 1. The molecule has 0 aliphatic rings. The van der Waals surface area contributed by atoms with Crippen molar-refractivity contribution >= 4 is 7.82 Å². The Bertz CT molecular complexity index is 63.9. The van der Waals surface area contributed by atoms with E-state index >= 15 is 0 Å². The number of hydrogen-bond donors (Lipinski definition) is 3. The Morgan fingerprint density at radius 2 is 1.14 bits per heavy atom. The molecule has 0 saturated heterocycles. The third-order valence-corrected chi connectivity index (χ3v) is 0. The molecule has 7 heavy (non-hydrogen) atoms. The van der Waals surface area contributed by atoms with E-state index in [0.29, 0.717) is 24.7 Å². The molecule has 0 aromatic heterocycles. The Kier molecular flexibility index (Phi) is 7.56. The maximum atomic E-state index is 8.88. The van der Waals surface area contributed by atoms with Crippen LogP contribution in [0.25, 0.3) is 0 Å². The van der Waals surface area contributed by atoms with Gasteiger partial charge in [0.2, 0.25) is 0 Å². The Morgan fingerprint density at radius 1 is 1.14 bits per heavy atom. The first-order valence-electron chi connectivity index (χ1n) is 0.987. The van der Waals surface area contributed by atoms with E-state index in [1.807, 2.05) is 0 Å². The second-order valence-corrected chi connectivity index (χ2v) is 1.54. The van der Waals surface area contributed by atoms with Gasteiger partial charge in [-0.3, -0.25) is 0 Å². The molecule has 0 rings (SSSR count). The van der Waals surface area contributed by atoms with Crippen molar-refractivity contribution in [2.75, 3.05) is 0 Å². The van der Waals surface area contributed by atoms with Gasteiger partial charge in [0, 0.05) is 0 Å². The quantitative estimate of drug-likeness (QED) is 0.439. The predicted octanol–water partition coefficient (Wildman–Crippen LogP) is -1.05. The summed E-state index contributed by atoms with van der Waals surface area (Å²) in [4.78, 5) is 21.6. The van der Waals surface area contributed by atoms with Gasteiger partial charge < -0.3 is 14.7 Å². The van der Waals surface area contributed by atoms with Crippen molar-refractivity contribution in [2.45, 2.75) is 0 Å². The van der Waals surface area contributed by atoms with E-state index in [1.54, 1.807) is 0 Å². The average molecular weight is 205 g/mol. The van der Waals surface area contributed by atoms with E-state index in [9.17, 15) is 0 Å². The molecule has 0 radical (unpaired) electrons. The fraction of sp³-hybridized carbons (Fsp3) is 0. The minimum absolute atomic E-state index is 0.300. The van der Waals surface area contributed by atoms with Gasteiger partial charge in [-0.15, -0.1) is 0 Å². The van der Waals surface area contributed by atoms with Gasteiger partial charge in [-0.05, 0) is 0 Å². The van der Waals surface area contributed by atoms with E-state index in [2.05, 4.69) is 0 Å². The second-order valence-electron chi connectivity index (χ2n) is 0.513. The first-order valence-corrected chi connectivity index (χ1v) is 3.56. The van der Waals surface area contributed by atoms with Crippen LogP contribution in [-0.4, -0.2) is 14.7 Å². The molecule has 0 unspecified atom stereocenters. The van der Waals surface area contributed by atoms with Crippen molar-refractivity contribution in [3.63, 3.8) is 0 Å². The van der Waals surface area contributed by atoms with Gasteiger partial charge in [-0.1, -0.05) is 0 Å². The van der Waals surface area contributed by atoms with Crippen LogP contribution in [0.3, 0.4) is 0 Å². The summed E-state index contributed by atoms with van der Waals surface area (Å²) in [6.45, 7) is 0. The van der Waals surface area contributed by atoms with Crippen molar-refractivity contribution in [1.29, 1.82) is 0 Å². The van der Waals surface area contributed by atoms with Crippen molar-refractivity contribution in [3.8, 4) is 0 Å². The normalized spacial score (nSPS) is 8.86. The molecule has 0 aliphatic carbocycles. The maximum absolute atomic E-state index is 8.88. The van der Waals surface area contributed by atoms with Crippen LogP contribution in [0.15, 0.2) is 0 Å². The van der Waals surface area contributed by atoms with Crippen molar-refractivity contribution in [1.82, 2.24) is 0 Å². The fourth-order valence-electron chi connectivity index (χ4n) is 0. The number of hydrogen-bond acceptors (Lipinski definition) is 2. The molecule has 0 atom stereocenters. The monoisotopic (exact) mass is 204 g/mol. The zero-order valence-electron chi connectivity index (χ0n) is 3.11. The molecule has 5 nitrogen and oxygen atoms in total. The molecule has 0 spiro atoms. The van der Waals surface area contributed by atoms with E-state index in [0.717, 1.165) is 0 Å². The van der Waals surface area contributed by atoms with E-state index in [1.165, 1.54) is 0 Å². The Labute approximate surface area is 54.9 Å². The summed E-state index contributed by atoms with van der Waals surface area (Å²) in [6, 6.07) is 0. The summed E-state index contributed by atoms with van der Waals surface area (Å²) in [6.07, 6.45) is 0. The van der Waals surface area contributed by atoms with Gasteiger partial charge >= 0.3 is 35.4 Å². The Balaban J connectivity index is 0. The third-order valence-electron chi connectivity index (χ3n) is 0. The van der Waals surface area contributed by atoms with Crippen LogP contribution in [-0.2, 0) is 32.1 Å². The van der Waals surface area contributed by atoms with Crippen LogP contribution in [0, 0.1) is 0 Å². The van der Waals surface area contributed by atoms with Crippen LogP contribution in [0.4, 0.5) is 0 Å². The summed E-state index contributed by atoms with van der Waals surface area (Å²) < 4.78 is 17.2. The SMILES string of the molecule is O=P(O)(O)O.[O]=[Zr]. The first kappa shape index (κ1) is 10.7. The Hall–Kier alpha value is 0.793. The van der Waals surface area contributed by atoms with E-state index < -0.39 is 7.82 Å². The molecule has 0 aromatic rings. The summed E-state index contributed by atoms with van der Waals surface area (Å²) in [5.41, 5.74) is 0. The molecular formula is H3O5PZr. The molecule has 3 N–H and O–H groups in total. The summed E-state index contributed by atoms with van der Waals surface area (Å²) in [5, 5.41) is 0. The molecule has 0 aromatic carbocycles. The van der Waals surface area contributed by atoms with Crippen LogP contribution < -0.4 is 0 Å². The van der Waals surface area contributed by atoms with Crippen LogP contribution in [0.1, 0.15) is 0 Å². The molecule has 0 saturated carbocycles. The standard InChI is InChI=1S/H3O4P.O.Zr/c1-5(2,3)4;;/h(H3,1,2,3,4);;. The van der Waals surface area contributed by atoms with E-state index in [-0.39, 0.29) is 0 Å². The van der Waals surface area contributed by atoms with Gasteiger partial charge in [0.25, 0.3) is 0 Å². The molecule has 7 heteroatoms. The van der Waals surface area contributed by atoms with Crippen molar-refractivity contribution in [3.05, 3.63) is 0 Å². The van der Waals surface area contributed by atoms with E-state index in [4.69, 9.17) is 22.1 Å². The zero-order valence-corrected chi connectivity index (χ0v) is 6.46. The van der Waals surface area contributed by atoms with Crippen molar-refractivity contribution < 1.29 is 46.8 Å². The summed E-state index contributed by atoms with van der Waals surface area (Å²) in [5.74, 6) is 0. The van der Waals surface area contributed by atoms with Gasteiger partial charge in [-0.25, -0.2) is 4.57 Å².